The van der Waals surface area contributed by atoms with Crippen LogP contribution in [0.2, 0.25) is 0 Å². The van der Waals surface area contributed by atoms with Crippen LogP contribution in [0, 0.1) is 22.0 Å². The number of likely N-dealkylation sites (tertiary alicyclic amines) is 1. The highest BCUT2D eigenvalue weighted by Crippen LogP contribution is 2.51. The van der Waals surface area contributed by atoms with E-state index in [2.05, 4.69) is 30.1 Å². The quantitative estimate of drug-likeness (QED) is 0.534. The minimum atomic E-state index is -0.230. The molecule has 0 radical (unpaired) electrons. The number of nitro benzene ring substituents is 1. The Kier molecular flexibility index (Phi) is 4.81. The topological polar surface area (TPSA) is 58.4 Å². The van der Waals surface area contributed by atoms with E-state index in [0.717, 1.165) is 30.9 Å². The van der Waals surface area contributed by atoms with Crippen molar-refractivity contribution in [2.75, 3.05) is 18.4 Å². The number of hydrogen-bond acceptors (Lipinski definition) is 4. The Labute approximate surface area is 178 Å². The number of anilines is 1. The van der Waals surface area contributed by atoms with Gasteiger partial charge in [-0.2, -0.15) is 0 Å². The van der Waals surface area contributed by atoms with Crippen molar-refractivity contribution in [2.45, 2.75) is 57.5 Å². The molecule has 2 fully saturated rings. The fourth-order valence-corrected chi connectivity index (χ4v) is 5.70. The fourth-order valence-electron chi connectivity index (χ4n) is 5.70. The maximum absolute atomic E-state index is 11.9. The molecule has 5 rings (SSSR count). The van der Waals surface area contributed by atoms with Crippen LogP contribution < -0.4 is 5.32 Å². The van der Waals surface area contributed by atoms with Crippen molar-refractivity contribution in [3.8, 4) is 0 Å². The summed E-state index contributed by atoms with van der Waals surface area (Å²) in [5.74, 6) is 1.43. The molecule has 1 N–H and O–H groups in total. The average molecular weight is 406 g/mol. The van der Waals surface area contributed by atoms with Gasteiger partial charge in [-0.05, 0) is 72.2 Å². The lowest BCUT2D eigenvalue weighted by atomic mass is 9.59. The van der Waals surface area contributed by atoms with Gasteiger partial charge in [-0.3, -0.25) is 15.0 Å². The normalized spacial score (nSPS) is 28.1. The Morgan fingerprint density at radius 1 is 1.23 bits per heavy atom. The van der Waals surface area contributed by atoms with Crippen molar-refractivity contribution < 1.29 is 4.92 Å². The van der Waals surface area contributed by atoms with Crippen molar-refractivity contribution >= 4 is 11.4 Å². The second-order valence-electron chi connectivity index (χ2n) is 9.79. The molecule has 3 atom stereocenters. The van der Waals surface area contributed by atoms with Crippen LogP contribution in [0.25, 0.3) is 0 Å². The third-order valence-corrected chi connectivity index (χ3v) is 7.95. The van der Waals surface area contributed by atoms with E-state index >= 15 is 0 Å². The van der Waals surface area contributed by atoms with Crippen molar-refractivity contribution in [1.82, 2.24) is 4.90 Å². The summed E-state index contributed by atoms with van der Waals surface area (Å²) < 4.78 is 0. The van der Waals surface area contributed by atoms with E-state index in [9.17, 15) is 10.1 Å². The van der Waals surface area contributed by atoms with Crippen LogP contribution in [0.3, 0.4) is 0 Å². The standard InChI is InChI=1S/C25H31N3O2/c1-17-23-12-20-13-24(28(29)30)22(26-15-18-6-4-3-5-7-18)14-21(20)25(17,2)10-11-27(23)16-19-8-9-19/h3-7,13-14,17,19,23,26H,8-12,15-16H2,1-2H3/t17?,23-,25-/m0/s1. The number of nitrogens with one attached hydrogen (secondary N) is 1. The van der Waals surface area contributed by atoms with E-state index in [1.165, 1.54) is 30.5 Å². The van der Waals surface area contributed by atoms with Crippen molar-refractivity contribution in [1.29, 1.82) is 0 Å². The molecule has 2 aromatic carbocycles. The maximum atomic E-state index is 11.9. The van der Waals surface area contributed by atoms with E-state index in [0.29, 0.717) is 24.2 Å². The lowest BCUT2D eigenvalue weighted by Gasteiger charge is -2.54. The second kappa shape index (κ2) is 7.38. The van der Waals surface area contributed by atoms with Crippen molar-refractivity contribution in [3.05, 3.63) is 69.3 Å². The van der Waals surface area contributed by atoms with Gasteiger partial charge >= 0.3 is 0 Å². The predicted octanol–water partition coefficient (Wildman–Crippen LogP) is 5.14. The molecule has 2 bridgehead atoms. The Balaban J connectivity index is 1.48. The molecular formula is C25H31N3O2. The van der Waals surface area contributed by atoms with E-state index in [4.69, 9.17) is 0 Å². The van der Waals surface area contributed by atoms with Crippen molar-refractivity contribution in [2.24, 2.45) is 11.8 Å². The molecule has 158 valence electrons. The molecule has 2 aliphatic carbocycles. The third kappa shape index (κ3) is 3.39. The van der Waals surface area contributed by atoms with Crippen LogP contribution in [0.15, 0.2) is 42.5 Å². The molecule has 1 unspecified atom stereocenters. The monoisotopic (exact) mass is 405 g/mol. The largest absolute Gasteiger partial charge is 0.375 e. The van der Waals surface area contributed by atoms with Crippen LogP contribution in [0.5, 0.6) is 0 Å². The van der Waals surface area contributed by atoms with Gasteiger partial charge in [-0.1, -0.05) is 44.2 Å². The van der Waals surface area contributed by atoms with Gasteiger partial charge in [-0.25, -0.2) is 0 Å². The predicted molar refractivity (Wildman–Crippen MR) is 120 cm³/mol. The summed E-state index contributed by atoms with van der Waals surface area (Å²) in [7, 11) is 0. The van der Waals surface area contributed by atoms with Gasteiger partial charge in [0.25, 0.3) is 5.69 Å². The fraction of sp³-hybridized carbons (Fsp3) is 0.520. The molecule has 3 aliphatic rings. The zero-order valence-corrected chi connectivity index (χ0v) is 17.9. The molecule has 1 aliphatic heterocycles. The van der Waals surface area contributed by atoms with Crippen LogP contribution in [-0.2, 0) is 18.4 Å². The van der Waals surface area contributed by atoms with Crippen LogP contribution in [0.4, 0.5) is 11.4 Å². The first kappa shape index (κ1) is 19.6. The number of hydrogen-bond donors (Lipinski definition) is 1. The van der Waals surface area contributed by atoms with E-state index < -0.39 is 0 Å². The van der Waals surface area contributed by atoms with Gasteiger partial charge in [0.05, 0.1) is 4.92 Å². The molecule has 1 saturated heterocycles. The minimum Gasteiger partial charge on any atom is -0.375 e. The van der Waals surface area contributed by atoms with E-state index in [1.807, 2.05) is 36.4 Å². The van der Waals surface area contributed by atoms with E-state index in [1.54, 1.807) is 0 Å². The molecular weight excluding hydrogens is 374 g/mol. The molecule has 2 aromatic rings. The van der Waals surface area contributed by atoms with Crippen LogP contribution in [0.1, 0.15) is 49.8 Å². The van der Waals surface area contributed by atoms with Gasteiger partial charge in [0.1, 0.15) is 5.69 Å². The molecule has 1 saturated carbocycles. The maximum Gasteiger partial charge on any atom is 0.292 e. The van der Waals surface area contributed by atoms with Crippen molar-refractivity contribution in [3.63, 3.8) is 0 Å². The van der Waals surface area contributed by atoms with Gasteiger partial charge in [0.15, 0.2) is 0 Å². The Morgan fingerprint density at radius 3 is 2.70 bits per heavy atom. The molecule has 5 nitrogen and oxygen atoms in total. The smallest absolute Gasteiger partial charge is 0.292 e. The third-order valence-electron chi connectivity index (χ3n) is 7.95. The lowest BCUT2D eigenvalue weighted by molar-refractivity contribution is -0.384. The Bertz CT molecular complexity index is 956. The number of fused-ring (bicyclic) bond motifs is 4. The first-order valence-corrected chi connectivity index (χ1v) is 11.3. The lowest BCUT2D eigenvalue weighted by Crippen LogP contribution is -2.58. The summed E-state index contributed by atoms with van der Waals surface area (Å²) in [4.78, 5) is 14.3. The SMILES string of the molecule is CC1[C@@H]2Cc3cc([N+](=O)[O-])c(NCc4ccccc4)cc3[C@@]1(C)CCN2CC1CC1. The van der Waals surface area contributed by atoms with Crippen LogP contribution >= 0.6 is 0 Å². The highest BCUT2D eigenvalue weighted by molar-refractivity contribution is 5.66. The number of benzene rings is 2. The molecule has 30 heavy (non-hydrogen) atoms. The average Bonchev–Trinajstić information content (AvgIpc) is 3.56. The van der Waals surface area contributed by atoms with Gasteiger partial charge < -0.3 is 5.32 Å². The Hall–Kier alpha value is -2.40. The van der Waals surface area contributed by atoms with E-state index in [-0.39, 0.29) is 16.0 Å². The number of nitro groups is 1. The first-order chi connectivity index (χ1) is 14.5. The molecule has 1 heterocycles. The molecule has 5 heteroatoms. The van der Waals surface area contributed by atoms with Gasteiger partial charge in [0, 0.05) is 25.2 Å². The van der Waals surface area contributed by atoms with Crippen LogP contribution in [-0.4, -0.2) is 29.0 Å². The summed E-state index contributed by atoms with van der Waals surface area (Å²) in [6.07, 6.45) is 4.79. The summed E-state index contributed by atoms with van der Waals surface area (Å²) >= 11 is 0. The van der Waals surface area contributed by atoms with Gasteiger partial charge in [-0.15, -0.1) is 0 Å². The minimum absolute atomic E-state index is 0.0800. The highest BCUT2D eigenvalue weighted by Gasteiger charge is 2.49. The summed E-state index contributed by atoms with van der Waals surface area (Å²) in [6, 6.07) is 14.5. The summed E-state index contributed by atoms with van der Waals surface area (Å²) in [5.41, 5.74) is 4.55. The summed E-state index contributed by atoms with van der Waals surface area (Å²) in [5, 5.41) is 15.2. The highest BCUT2D eigenvalue weighted by atomic mass is 16.6. The first-order valence-electron chi connectivity index (χ1n) is 11.3. The molecule has 0 spiro atoms. The van der Waals surface area contributed by atoms with Gasteiger partial charge in [0.2, 0.25) is 0 Å². The second-order valence-corrected chi connectivity index (χ2v) is 9.79. The Morgan fingerprint density at radius 2 is 2.00 bits per heavy atom. The summed E-state index contributed by atoms with van der Waals surface area (Å²) in [6.45, 7) is 7.71. The zero-order chi connectivity index (χ0) is 20.9. The number of rotatable bonds is 6. The number of nitrogens with zero attached hydrogens (tertiary/aromatic N) is 2. The molecule has 0 aromatic heterocycles. The number of piperidine rings is 1. The molecule has 0 amide bonds. The zero-order valence-electron chi connectivity index (χ0n) is 17.9.